The highest BCUT2D eigenvalue weighted by molar-refractivity contribution is 5.34. The molecule has 0 atom stereocenters. The summed E-state index contributed by atoms with van der Waals surface area (Å²) in [4.78, 5) is 18.8. The van der Waals surface area contributed by atoms with Crippen LogP contribution in [0.5, 0.6) is 0 Å². The molecule has 1 aromatic rings. The minimum absolute atomic E-state index is 0.0515. The highest BCUT2D eigenvalue weighted by Gasteiger charge is 2.23. The van der Waals surface area contributed by atoms with E-state index in [1.54, 1.807) is 0 Å². The van der Waals surface area contributed by atoms with Crippen LogP contribution in [0.15, 0.2) is 4.79 Å². The van der Waals surface area contributed by atoms with Crippen LogP contribution in [0, 0.1) is 0 Å². The van der Waals surface area contributed by atoms with Gasteiger partial charge in [-0.15, -0.1) is 0 Å². The van der Waals surface area contributed by atoms with Crippen LogP contribution in [-0.2, 0) is 12.8 Å². The van der Waals surface area contributed by atoms with E-state index in [-0.39, 0.29) is 5.56 Å². The molecule has 1 fully saturated rings. The van der Waals surface area contributed by atoms with Gasteiger partial charge in [-0.05, 0) is 32.1 Å². The third-order valence-electron chi connectivity index (χ3n) is 2.86. The topological polar surface area (TPSA) is 57.8 Å². The van der Waals surface area contributed by atoms with Crippen LogP contribution in [0.4, 0.5) is 5.95 Å². The molecule has 0 amide bonds. The van der Waals surface area contributed by atoms with Gasteiger partial charge in [0.2, 0.25) is 5.95 Å². The van der Waals surface area contributed by atoms with Crippen LogP contribution in [0.25, 0.3) is 0 Å². The number of H-pyrrole nitrogens is 1. The molecule has 2 aliphatic carbocycles. The van der Waals surface area contributed by atoms with E-state index < -0.39 is 0 Å². The monoisotopic (exact) mass is 191 g/mol. The zero-order valence-corrected chi connectivity index (χ0v) is 7.97. The molecule has 0 unspecified atom stereocenters. The Balaban J connectivity index is 1.98. The van der Waals surface area contributed by atoms with Gasteiger partial charge in [0.05, 0.1) is 5.69 Å². The quantitative estimate of drug-likeness (QED) is 0.728. The van der Waals surface area contributed by atoms with Crippen LogP contribution in [0.3, 0.4) is 0 Å². The second kappa shape index (κ2) is 2.83. The number of nitrogens with zero attached hydrogens (tertiary/aromatic N) is 1. The largest absolute Gasteiger partial charge is 0.353 e. The summed E-state index contributed by atoms with van der Waals surface area (Å²) >= 11 is 0. The zero-order valence-electron chi connectivity index (χ0n) is 7.97. The van der Waals surface area contributed by atoms with Gasteiger partial charge in [-0.1, -0.05) is 0 Å². The van der Waals surface area contributed by atoms with Crippen molar-refractivity contribution in [1.82, 2.24) is 9.97 Å². The van der Waals surface area contributed by atoms with Gasteiger partial charge in [0, 0.05) is 11.6 Å². The van der Waals surface area contributed by atoms with Crippen LogP contribution < -0.4 is 10.9 Å². The van der Waals surface area contributed by atoms with E-state index >= 15 is 0 Å². The Morgan fingerprint density at radius 3 is 3.00 bits per heavy atom. The maximum Gasteiger partial charge on any atom is 0.255 e. The Morgan fingerprint density at radius 2 is 2.21 bits per heavy atom. The van der Waals surface area contributed by atoms with E-state index in [1.807, 2.05) is 0 Å². The molecule has 0 saturated heterocycles. The summed E-state index contributed by atoms with van der Waals surface area (Å²) in [5.41, 5.74) is 1.94. The molecule has 0 aromatic carbocycles. The first kappa shape index (κ1) is 8.03. The maximum atomic E-state index is 11.6. The van der Waals surface area contributed by atoms with Gasteiger partial charge >= 0.3 is 0 Å². The molecule has 1 heterocycles. The molecule has 2 N–H and O–H groups in total. The summed E-state index contributed by atoms with van der Waals surface area (Å²) in [6.45, 7) is 0. The van der Waals surface area contributed by atoms with E-state index in [0.29, 0.717) is 12.0 Å². The van der Waals surface area contributed by atoms with Gasteiger partial charge in [-0.25, -0.2) is 4.98 Å². The fourth-order valence-corrected chi connectivity index (χ4v) is 1.93. The first-order valence-corrected chi connectivity index (χ1v) is 5.21. The van der Waals surface area contributed by atoms with Crippen LogP contribution in [0.1, 0.15) is 30.5 Å². The average molecular weight is 191 g/mol. The SMILES string of the molecule is O=c1[nH]c(NC2CC2)nc2c1CCC2. The number of aromatic nitrogens is 2. The predicted molar refractivity (Wildman–Crippen MR) is 53.5 cm³/mol. The van der Waals surface area contributed by atoms with Crippen molar-refractivity contribution in [3.63, 3.8) is 0 Å². The van der Waals surface area contributed by atoms with Crippen molar-refractivity contribution in [1.29, 1.82) is 0 Å². The van der Waals surface area contributed by atoms with Crippen molar-refractivity contribution in [2.75, 3.05) is 5.32 Å². The molecule has 4 heteroatoms. The summed E-state index contributed by atoms with van der Waals surface area (Å²) in [6.07, 6.45) is 5.31. The fraction of sp³-hybridized carbons (Fsp3) is 0.600. The first-order chi connectivity index (χ1) is 6.83. The smallest absolute Gasteiger partial charge is 0.255 e. The number of fused-ring (bicyclic) bond motifs is 1. The summed E-state index contributed by atoms with van der Waals surface area (Å²) in [5, 5.41) is 3.22. The Kier molecular flexibility index (Phi) is 1.63. The highest BCUT2D eigenvalue weighted by atomic mass is 16.1. The first-order valence-electron chi connectivity index (χ1n) is 5.21. The Labute approximate surface area is 81.8 Å². The van der Waals surface area contributed by atoms with Crippen molar-refractivity contribution in [3.8, 4) is 0 Å². The lowest BCUT2D eigenvalue weighted by molar-refractivity contribution is 0.898. The molecule has 3 rings (SSSR count). The van der Waals surface area contributed by atoms with Gasteiger partial charge in [0.1, 0.15) is 0 Å². The second-order valence-corrected chi connectivity index (χ2v) is 4.11. The number of anilines is 1. The molecule has 0 radical (unpaired) electrons. The van der Waals surface area contributed by atoms with Gasteiger partial charge in [-0.2, -0.15) is 0 Å². The molecule has 1 aromatic heterocycles. The second-order valence-electron chi connectivity index (χ2n) is 4.11. The maximum absolute atomic E-state index is 11.6. The molecular formula is C10H13N3O. The minimum Gasteiger partial charge on any atom is -0.353 e. The predicted octanol–water partition coefficient (Wildman–Crippen LogP) is 0.833. The lowest BCUT2D eigenvalue weighted by atomic mass is 10.3. The molecule has 0 aliphatic heterocycles. The Bertz CT molecular complexity index is 420. The average Bonchev–Trinajstić information content (AvgIpc) is 2.82. The van der Waals surface area contributed by atoms with E-state index in [0.717, 1.165) is 30.5 Å². The highest BCUT2D eigenvalue weighted by Crippen LogP contribution is 2.23. The van der Waals surface area contributed by atoms with E-state index in [9.17, 15) is 4.79 Å². The van der Waals surface area contributed by atoms with Crippen LogP contribution >= 0.6 is 0 Å². The molecular weight excluding hydrogens is 178 g/mol. The molecule has 0 spiro atoms. The summed E-state index contributed by atoms with van der Waals surface area (Å²) in [5.74, 6) is 0.665. The van der Waals surface area contributed by atoms with E-state index in [1.165, 1.54) is 12.8 Å². The number of hydrogen-bond donors (Lipinski definition) is 2. The van der Waals surface area contributed by atoms with E-state index in [2.05, 4.69) is 15.3 Å². The number of rotatable bonds is 2. The third-order valence-corrected chi connectivity index (χ3v) is 2.86. The lowest BCUT2D eigenvalue weighted by Gasteiger charge is -2.04. The van der Waals surface area contributed by atoms with Gasteiger partial charge in [-0.3, -0.25) is 9.78 Å². The standard InChI is InChI=1S/C10H13N3O/c14-9-7-2-1-3-8(7)12-10(13-9)11-6-4-5-6/h6H,1-5H2,(H2,11,12,13,14). The fourth-order valence-electron chi connectivity index (χ4n) is 1.93. The Morgan fingerprint density at radius 1 is 1.36 bits per heavy atom. The number of nitrogens with one attached hydrogen (secondary N) is 2. The summed E-state index contributed by atoms with van der Waals surface area (Å²) in [6, 6.07) is 0.539. The Hall–Kier alpha value is -1.32. The molecule has 1 saturated carbocycles. The molecule has 0 bridgehead atoms. The van der Waals surface area contributed by atoms with Crippen molar-refractivity contribution in [2.45, 2.75) is 38.1 Å². The number of hydrogen-bond acceptors (Lipinski definition) is 3. The lowest BCUT2D eigenvalue weighted by Crippen LogP contribution is -2.18. The molecule has 2 aliphatic rings. The van der Waals surface area contributed by atoms with Gasteiger partial charge in [0.25, 0.3) is 5.56 Å². The minimum atomic E-state index is 0.0515. The van der Waals surface area contributed by atoms with Crippen molar-refractivity contribution in [3.05, 3.63) is 21.6 Å². The van der Waals surface area contributed by atoms with Gasteiger partial charge in [0.15, 0.2) is 0 Å². The summed E-state index contributed by atoms with van der Waals surface area (Å²) in [7, 11) is 0. The molecule has 4 nitrogen and oxygen atoms in total. The number of aryl methyl sites for hydroxylation is 1. The van der Waals surface area contributed by atoms with Crippen LogP contribution in [0.2, 0.25) is 0 Å². The van der Waals surface area contributed by atoms with Crippen molar-refractivity contribution < 1.29 is 0 Å². The third kappa shape index (κ3) is 1.31. The van der Waals surface area contributed by atoms with E-state index in [4.69, 9.17) is 0 Å². The number of aromatic amines is 1. The van der Waals surface area contributed by atoms with Gasteiger partial charge < -0.3 is 5.32 Å². The normalized spacial score (nSPS) is 19.4. The van der Waals surface area contributed by atoms with Crippen molar-refractivity contribution >= 4 is 5.95 Å². The van der Waals surface area contributed by atoms with Crippen molar-refractivity contribution in [2.24, 2.45) is 0 Å². The zero-order chi connectivity index (χ0) is 9.54. The van der Waals surface area contributed by atoms with Crippen LogP contribution in [-0.4, -0.2) is 16.0 Å². The molecule has 74 valence electrons. The molecule has 14 heavy (non-hydrogen) atoms. The summed E-state index contributed by atoms with van der Waals surface area (Å²) < 4.78 is 0.